The van der Waals surface area contributed by atoms with Crippen LogP contribution < -0.4 is 4.74 Å². The Balaban J connectivity index is 1.65. The van der Waals surface area contributed by atoms with E-state index in [1.807, 2.05) is 43.6 Å². The summed E-state index contributed by atoms with van der Waals surface area (Å²) in [6.45, 7) is -0.435. The van der Waals surface area contributed by atoms with Gasteiger partial charge >= 0.3 is 0 Å². The first kappa shape index (κ1) is 15.4. The number of halogens is 1. The molecule has 0 aliphatic carbocycles. The average Bonchev–Trinajstić information content (AvgIpc) is 3.27. The molecule has 0 unspecified atom stereocenters. The fourth-order valence-electron chi connectivity index (χ4n) is 2.97. The molecule has 4 aromatic rings. The fraction of sp³-hybridized carbons (Fsp3) is 0.150. The van der Waals surface area contributed by atoms with Crippen LogP contribution >= 0.6 is 0 Å². The highest BCUT2D eigenvalue weighted by Gasteiger charge is 2.08. The van der Waals surface area contributed by atoms with Crippen LogP contribution in [0.3, 0.4) is 0 Å². The van der Waals surface area contributed by atoms with Crippen molar-refractivity contribution in [1.29, 1.82) is 0 Å². The first-order valence-electron chi connectivity index (χ1n) is 8.15. The second-order valence-electron chi connectivity index (χ2n) is 5.93. The van der Waals surface area contributed by atoms with Crippen molar-refractivity contribution in [3.05, 3.63) is 60.8 Å². The summed E-state index contributed by atoms with van der Waals surface area (Å²) in [4.78, 5) is 0. The van der Waals surface area contributed by atoms with Crippen LogP contribution in [0.4, 0.5) is 4.39 Å². The maximum atomic E-state index is 12.3. The van der Waals surface area contributed by atoms with Crippen molar-refractivity contribution in [2.24, 2.45) is 7.05 Å². The van der Waals surface area contributed by atoms with E-state index in [9.17, 15) is 4.39 Å². The molecule has 0 bridgehead atoms. The molecular formula is C20H18FN3O. The first-order chi connectivity index (χ1) is 12.2. The lowest BCUT2D eigenvalue weighted by Crippen LogP contribution is -1.98. The molecule has 5 heteroatoms. The molecule has 4 rings (SSSR count). The molecular weight excluding hydrogens is 317 g/mol. The van der Waals surface area contributed by atoms with E-state index in [-0.39, 0.29) is 6.61 Å². The van der Waals surface area contributed by atoms with Gasteiger partial charge in [0.05, 0.1) is 11.4 Å². The quantitative estimate of drug-likeness (QED) is 0.580. The van der Waals surface area contributed by atoms with E-state index in [1.54, 1.807) is 0 Å². The number of nitrogens with zero attached hydrogens (tertiary/aromatic N) is 2. The van der Waals surface area contributed by atoms with Gasteiger partial charge in [-0.2, -0.15) is 5.10 Å². The Morgan fingerprint density at radius 1 is 1.08 bits per heavy atom. The third-order valence-corrected chi connectivity index (χ3v) is 4.25. The van der Waals surface area contributed by atoms with Gasteiger partial charge in [0.15, 0.2) is 0 Å². The number of ether oxygens (including phenoxy) is 1. The van der Waals surface area contributed by atoms with Gasteiger partial charge in [-0.25, -0.2) is 4.39 Å². The van der Waals surface area contributed by atoms with Gasteiger partial charge in [0.1, 0.15) is 19.0 Å². The number of aromatic amines is 1. The largest absolute Gasteiger partial charge is 0.491 e. The lowest BCUT2D eigenvalue weighted by Gasteiger charge is -2.04. The molecule has 0 saturated carbocycles. The molecule has 126 valence electrons. The molecule has 25 heavy (non-hydrogen) atoms. The van der Waals surface area contributed by atoms with Crippen LogP contribution in [0.2, 0.25) is 0 Å². The third-order valence-electron chi connectivity index (χ3n) is 4.25. The molecule has 0 fully saturated rings. The van der Waals surface area contributed by atoms with E-state index >= 15 is 0 Å². The van der Waals surface area contributed by atoms with Gasteiger partial charge in [-0.05, 0) is 36.4 Å². The molecule has 0 aliphatic rings. The number of rotatable bonds is 5. The van der Waals surface area contributed by atoms with Crippen molar-refractivity contribution < 1.29 is 9.13 Å². The van der Waals surface area contributed by atoms with Crippen molar-refractivity contribution >= 4 is 10.9 Å². The number of aromatic nitrogens is 3. The number of fused-ring (bicyclic) bond motifs is 1. The highest BCUT2D eigenvalue weighted by Crippen LogP contribution is 2.28. The van der Waals surface area contributed by atoms with Gasteiger partial charge in [-0.3, -0.25) is 5.10 Å². The summed E-state index contributed by atoms with van der Waals surface area (Å²) in [6, 6.07) is 18.0. The highest BCUT2D eigenvalue weighted by atomic mass is 19.1. The average molecular weight is 335 g/mol. The Bertz CT molecular complexity index is 1020. The Labute approximate surface area is 144 Å². The highest BCUT2D eigenvalue weighted by molar-refractivity contribution is 5.85. The molecule has 4 nitrogen and oxygen atoms in total. The van der Waals surface area contributed by atoms with Gasteiger partial charge in [0.25, 0.3) is 0 Å². The second-order valence-corrected chi connectivity index (χ2v) is 5.93. The van der Waals surface area contributed by atoms with Crippen LogP contribution in [-0.4, -0.2) is 28.0 Å². The zero-order valence-corrected chi connectivity index (χ0v) is 13.9. The number of benzene rings is 2. The van der Waals surface area contributed by atoms with E-state index in [2.05, 4.69) is 39.0 Å². The third kappa shape index (κ3) is 3.01. The summed E-state index contributed by atoms with van der Waals surface area (Å²) in [5.41, 5.74) is 4.99. The smallest absolute Gasteiger partial charge is 0.123 e. The summed E-state index contributed by atoms with van der Waals surface area (Å²) in [6.07, 6.45) is 2.05. The van der Waals surface area contributed by atoms with Gasteiger partial charge in [-0.1, -0.05) is 18.2 Å². The van der Waals surface area contributed by atoms with E-state index in [4.69, 9.17) is 4.74 Å². The lowest BCUT2D eigenvalue weighted by atomic mass is 10.1. The molecule has 2 aromatic heterocycles. The summed E-state index contributed by atoms with van der Waals surface area (Å²) in [7, 11) is 2.03. The molecule has 0 radical (unpaired) electrons. The fourth-order valence-corrected chi connectivity index (χ4v) is 2.97. The summed E-state index contributed by atoms with van der Waals surface area (Å²) in [5.74, 6) is 0.650. The zero-order chi connectivity index (χ0) is 17.2. The molecule has 0 saturated heterocycles. The molecule has 2 heterocycles. The minimum Gasteiger partial charge on any atom is -0.491 e. The number of alkyl halides is 1. The number of aryl methyl sites for hydroxylation is 1. The van der Waals surface area contributed by atoms with Crippen molar-refractivity contribution in [1.82, 2.24) is 14.8 Å². The molecule has 1 N–H and O–H groups in total. The Morgan fingerprint density at radius 2 is 2.00 bits per heavy atom. The van der Waals surface area contributed by atoms with E-state index in [0.717, 1.165) is 22.5 Å². The molecule has 2 aromatic carbocycles. The minimum atomic E-state index is -0.500. The predicted molar refractivity (Wildman–Crippen MR) is 97.4 cm³/mol. The van der Waals surface area contributed by atoms with Gasteiger partial charge < -0.3 is 9.30 Å². The molecule has 0 spiro atoms. The Kier molecular flexibility index (Phi) is 3.98. The topological polar surface area (TPSA) is 42.8 Å². The Hall–Kier alpha value is -3.08. The maximum absolute atomic E-state index is 12.3. The summed E-state index contributed by atoms with van der Waals surface area (Å²) in [5, 5.41) is 8.69. The van der Waals surface area contributed by atoms with Crippen LogP contribution in [0.15, 0.2) is 60.8 Å². The number of nitrogens with one attached hydrogen (secondary N) is 1. The normalized spacial score (nSPS) is 11.1. The monoisotopic (exact) mass is 335 g/mol. The standard InChI is InChI=1S/C20H18FN3O/c1-24-9-7-16-11-15(5-6-20(16)24)19-13-18(22-23-19)14-3-2-4-17(12-14)25-10-8-21/h2-7,9,11-13H,8,10H2,1H3,(H,22,23). The van der Waals surface area contributed by atoms with E-state index in [1.165, 1.54) is 10.9 Å². The Morgan fingerprint density at radius 3 is 2.88 bits per heavy atom. The summed E-state index contributed by atoms with van der Waals surface area (Å²) >= 11 is 0. The van der Waals surface area contributed by atoms with Gasteiger partial charge in [0, 0.05) is 35.3 Å². The SMILES string of the molecule is Cn1ccc2cc(-c3cc(-c4cccc(OCCF)c4)[nH]n3)ccc21. The van der Waals surface area contributed by atoms with Gasteiger partial charge in [0.2, 0.25) is 0 Å². The van der Waals surface area contributed by atoms with Crippen molar-refractivity contribution in [2.75, 3.05) is 13.3 Å². The van der Waals surface area contributed by atoms with Crippen molar-refractivity contribution in [3.63, 3.8) is 0 Å². The van der Waals surface area contributed by atoms with Crippen LogP contribution in [0.5, 0.6) is 5.75 Å². The van der Waals surface area contributed by atoms with Crippen LogP contribution in [0, 0.1) is 0 Å². The van der Waals surface area contributed by atoms with E-state index < -0.39 is 6.67 Å². The molecule has 0 atom stereocenters. The minimum absolute atomic E-state index is 0.0643. The number of hydrogen-bond donors (Lipinski definition) is 1. The van der Waals surface area contributed by atoms with Crippen LogP contribution in [0.1, 0.15) is 0 Å². The van der Waals surface area contributed by atoms with Gasteiger partial charge in [-0.15, -0.1) is 0 Å². The van der Waals surface area contributed by atoms with Crippen LogP contribution in [-0.2, 0) is 7.05 Å². The van der Waals surface area contributed by atoms with E-state index in [0.29, 0.717) is 5.75 Å². The number of hydrogen-bond acceptors (Lipinski definition) is 2. The predicted octanol–water partition coefficient (Wildman–Crippen LogP) is 4.58. The van der Waals surface area contributed by atoms with Crippen LogP contribution in [0.25, 0.3) is 33.4 Å². The zero-order valence-electron chi connectivity index (χ0n) is 13.9. The first-order valence-corrected chi connectivity index (χ1v) is 8.15. The van der Waals surface area contributed by atoms with Crippen molar-refractivity contribution in [3.8, 4) is 28.3 Å². The number of H-pyrrole nitrogens is 1. The molecule has 0 amide bonds. The molecule has 0 aliphatic heterocycles. The summed E-state index contributed by atoms with van der Waals surface area (Å²) < 4.78 is 19.7. The lowest BCUT2D eigenvalue weighted by molar-refractivity contribution is 0.273. The van der Waals surface area contributed by atoms with Crippen molar-refractivity contribution in [2.45, 2.75) is 0 Å². The second kappa shape index (κ2) is 6.43. The maximum Gasteiger partial charge on any atom is 0.123 e.